The number of carbonyl (C=O) groups is 1. The van der Waals surface area contributed by atoms with E-state index >= 15 is 0 Å². The first-order valence-electron chi connectivity index (χ1n) is 15.9. The number of likely N-dealkylation sites (N-methyl/N-ethyl adjacent to an activating group) is 1. The largest absolute Gasteiger partial charge is 0.335 e. The Balaban J connectivity index is 1.54. The molecule has 9 heteroatoms. The number of rotatable bonds is 7. The minimum atomic E-state index is -1.99. The Labute approximate surface area is 257 Å². The molecule has 0 atom stereocenters. The average Bonchev–Trinajstić information content (AvgIpc) is 3.45. The van der Waals surface area contributed by atoms with Gasteiger partial charge in [0.2, 0.25) is 5.95 Å². The van der Waals surface area contributed by atoms with Gasteiger partial charge in [-0.2, -0.15) is 4.98 Å². The lowest BCUT2D eigenvalue weighted by Crippen LogP contribution is -2.43. The molecule has 2 aromatic heterocycles. The summed E-state index contributed by atoms with van der Waals surface area (Å²) < 4.78 is 0. The molecule has 1 aliphatic carbocycles. The van der Waals surface area contributed by atoms with Gasteiger partial charge >= 0.3 is 6.03 Å². The quantitative estimate of drug-likeness (QED) is 0.194. The summed E-state index contributed by atoms with van der Waals surface area (Å²) >= 11 is 0. The van der Waals surface area contributed by atoms with E-state index in [4.69, 9.17) is 15.0 Å². The normalized spacial score (nSPS) is 16.0. The van der Waals surface area contributed by atoms with E-state index in [2.05, 4.69) is 99.1 Å². The molecule has 3 aromatic rings. The highest BCUT2D eigenvalue weighted by molar-refractivity contribution is 6.90. The molecule has 3 heterocycles. The third-order valence-electron chi connectivity index (χ3n) is 9.48. The first-order chi connectivity index (χ1) is 20.6. The van der Waals surface area contributed by atoms with Gasteiger partial charge in [-0.1, -0.05) is 72.4 Å². The molecule has 3 N–H and O–H groups in total. The second kappa shape index (κ2) is 13.0. The lowest BCUT2D eigenvalue weighted by Gasteiger charge is -2.38. The number of hydrogen-bond donors (Lipinski definition) is 3. The van der Waals surface area contributed by atoms with Crippen LogP contribution in [-0.2, 0) is 13.0 Å². The van der Waals surface area contributed by atoms with E-state index in [9.17, 15) is 4.79 Å². The number of nitrogens with one attached hydrogen (secondary N) is 3. The lowest BCUT2D eigenvalue weighted by molar-refractivity contribution is 0.248. The number of pyridine rings is 1. The van der Waals surface area contributed by atoms with Crippen molar-refractivity contribution in [3.63, 3.8) is 0 Å². The zero-order chi connectivity index (χ0) is 30.7. The fraction of sp³-hybridized carbons (Fsp3) is 0.529. The van der Waals surface area contributed by atoms with Gasteiger partial charge in [0.05, 0.1) is 5.39 Å². The van der Waals surface area contributed by atoms with Gasteiger partial charge in [0.25, 0.3) is 0 Å². The summed E-state index contributed by atoms with van der Waals surface area (Å²) in [5.41, 5.74) is 10.3. The number of nitrogens with zero attached hydrogens (tertiary/aromatic N) is 4. The van der Waals surface area contributed by atoms with Crippen LogP contribution in [0.3, 0.4) is 0 Å². The van der Waals surface area contributed by atoms with E-state index in [1.165, 1.54) is 11.1 Å². The molecule has 0 radical (unpaired) electrons. The Hall–Kier alpha value is -3.48. The first kappa shape index (κ1) is 31.0. The topological polar surface area (TPSA) is 95.1 Å². The molecule has 2 aliphatic rings. The summed E-state index contributed by atoms with van der Waals surface area (Å²) in [6.07, 6.45) is 7.13. The van der Waals surface area contributed by atoms with Crippen LogP contribution in [0, 0.1) is 11.5 Å². The summed E-state index contributed by atoms with van der Waals surface area (Å²) in [6.45, 7) is 15.8. The second-order valence-electron chi connectivity index (χ2n) is 13.3. The van der Waals surface area contributed by atoms with Gasteiger partial charge in [0, 0.05) is 36.6 Å². The average molecular weight is 598 g/mol. The first-order valence-corrected chi connectivity index (χ1v) is 18.1. The summed E-state index contributed by atoms with van der Waals surface area (Å²) in [7, 11) is 0.159. The fourth-order valence-corrected chi connectivity index (χ4v) is 12.5. The molecule has 1 aromatic carbocycles. The molecule has 228 valence electrons. The molecule has 0 unspecified atom stereocenters. The molecule has 0 spiro atoms. The Morgan fingerprint density at radius 2 is 1.77 bits per heavy atom. The monoisotopic (exact) mass is 597 g/mol. The molecule has 0 saturated heterocycles. The van der Waals surface area contributed by atoms with Crippen molar-refractivity contribution in [2.24, 2.45) is 0 Å². The van der Waals surface area contributed by atoms with Crippen molar-refractivity contribution in [3.05, 3.63) is 47.2 Å². The zero-order valence-electron chi connectivity index (χ0n) is 26.8. The standard InChI is InChI=1S/C34H47N7OSi/c1-22(2)43(23(3)4,24(5)6)18-16-25-19-31(39-34(42)36-27-12-8-9-13-27)38-32-29(25)20-35-33(40-32)37-30-14-10-11-26-21-41(7)17-15-28(26)30/h10-11,14,19-20,22-24,27H,8-9,12-13,15,17,21H2,1-7H3,(H3,35,36,37,38,39,40,42). The van der Waals surface area contributed by atoms with Crippen molar-refractivity contribution in [2.75, 3.05) is 24.2 Å². The smallest absolute Gasteiger partial charge is 0.320 e. The maximum absolute atomic E-state index is 12.9. The fourth-order valence-electron chi connectivity index (χ4n) is 7.24. The summed E-state index contributed by atoms with van der Waals surface area (Å²) in [6, 6.07) is 8.20. The van der Waals surface area contributed by atoms with Crippen LogP contribution in [0.1, 0.15) is 83.9 Å². The lowest BCUT2D eigenvalue weighted by atomic mass is 9.98. The minimum Gasteiger partial charge on any atom is -0.335 e. The van der Waals surface area contributed by atoms with Crippen LogP contribution < -0.4 is 16.0 Å². The highest BCUT2D eigenvalue weighted by atomic mass is 28.3. The van der Waals surface area contributed by atoms with Gasteiger partial charge in [-0.25, -0.2) is 14.8 Å². The van der Waals surface area contributed by atoms with Gasteiger partial charge in [-0.15, -0.1) is 5.54 Å². The van der Waals surface area contributed by atoms with Crippen LogP contribution in [0.15, 0.2) is 30.5 Å². The third-order valence-corrected chi connectivity index (χ3v) is 15.8. The van der Waals surface area contributed by atoms with Crippen LogP contribution in [0.5, 0.6) is 0 Å². The number of urea groups is 1. The maximum atomic E-state index is 12.9. The molecule has 43 heavy (non-hydrogen) atoms. The van der Waals surface area contributed by atoms with Crippen molar-refractivity contribution < 1.29 is 4.79 Å². The van der Waals surface area contributed by atoms with Crippen molar-refractivity contribution in [3.8, 4) is 11.5 Å². The SMILES string of the molecule is CC(C)[Si](C#Cc1cc(NC(=O)NC2CCCC2)nc2nc(Nc3cccc4c3CCN(C)C4)ncc12)(C(C)C)C(C)C. The van der Waals surface area contributed by atoms with Crippen LogP contribution in [0.4, 0.5) is 22.2 Å². The number of aromatic nitrogens is 3. The molecule has 0 bridgehead atoms. The van der Waals surface area contributed by atoms with Gasteiger partial charge in [0.15, 0.2) is 5.65 Å². The van der Waals surface area contributed by atoms with E-state index in [1.807, 2.05) is 12.3 Å². The highest BCUT2D eigenvalue weighted by Gasteiger charge is 2.41. The van der Waals surface area contributed by atoms with Crippen molar-refractivity contribution in [1.29, 1.82) is 0 Å². The zero-order valence-corrected chi connectivity index (χ0v) is 27.8. The Morgan fingerprint density at radius 1 is 1.05 bits per heavy atom. The number of carbonyl (C=O) groups excluding carboxylic acids is 1. The predicted molar refractivity (Wildman–Crippen MR) is 179 cm³/mol. The molecule has 1 saturated carbocycles. The number of hydrogen-bond acceptors (Lipinski definition) is 6. The van der Waals surface area contributed by atoms with E-state index < -0.39 is 8.07 Å². The number of fused-ring (bicyclic) bond motifs is 2. The van der Waals surface area contributed by atoms with Crippen molar-refractivity contribution >= 4 is 42.6 Å². The molecule has 1 aliphatic heterocycles. The van der Waals surface area contributed by atoms with Crippen molar-refractivity contribution in [2.45, 2.75) is 103 Å². The van der Waals surface area contributed by atoms with Gasteiger partial charge in [-0.3, -0.25) is 5.32 Å². The number of amides is 2. The Morgan fingerprint density at radius 3 is 2.47 bits per heavy atom. The molecular weight excluding hydrogens is 551 g/mol. The second-order valence-corrected chi connectivity index (χ2v) is 18.8. The molecular formula is C34H47N7OSi. The Bertz CT molecular complexity index is 1510. The van der Waals surface area contributed by atoms with Gasteiger partial charge in [-0.05, 0) is 66.2 Å². The maximum Gasteiger partial charge on any atom is 0.320 e. The van der Waals surface area contributed by atoms with E-state index in [1.54, 1.807) is 0 Å². The Kier molecular flexibility index (Phi) is 9.38. The van der Waals surface area contributed by atoms with Crippen LogP contribution in [0.25, 0.3) is 11.0 Å². The minimum absolute atomic E-state index is 0.212. The summed E-state index contributed by atoms with van der Waals surface area (Å²) in [5, 5.41) is 10.3. The number of anilines is 3. The van der Waals surface area contributed by atoms with Crippen LogP contribution >= 0.6 is 0 Å². The van der Waals surface area contributed by atoms with Crippen LogP contribution in [0.2, 0.25) is 16.6 Å². The summed E-state index contributed by atoms with van der Waals surface area (Å²) in [5.74, 6) is 4.50. The van der Waals surface area contributed by atoms with Crippen molar-refractivity contribution in [1.82, 2.24) is 25.2 Å². The molecule has 8 nitrogen and oxygen atoms in total. The third kappa shape index (κ3) is 6.71. The van der Waals surface area contributed by atoms with Gasteiger partial charge in [0.1, 0.15) is 13.9 Å². The molecule has 2 amide bonds. The summed E-state index contributed by atoms with van der Waals surface area (Å²) in [4.78, 5) is 29.6. The van der Waals surface area contributed by atoms with Crippen LogP contribution in [-0.4, -0.2) is 53.6 Å². The molecule has 5 rings (SSSR count). The van der Waals surface area contributed by atoms with E-state index in [0.29, 0.717) is 34.0 Å². The van der Waals surface area contributed by atoms with E-state index in [-0.39, 0.29) is 12.1 Å². The number of benzene rings is 1. The predicted octanol–water partition coefficient (Wildman–Crippen LogP) is 7.39. The van der Waals surface area contributed by atoms with E-state index in [0.717, 1.165) is 61.8 Å². The van der Waals surface area contributed by atoms with Gasteiger partial charge < -0.3 is 15.5 Å². The molecule has 1 fully saturated rings. The highest BCUT2D eigenvalue weighted by Crippen LogP contribution is 2.41.